The fourth-order valence-corrected chi connectivity index (χ4v) is 3.42. The average Bonchev–Trinajstić information content (AvgIpc) is 2.92. The highest BCUT2D eigenvalue weighted by Crippen LogP contribution is 2.05. The molecule has 0 aromatic carbocycles. The number of halogens is 1. The number of hydrogen-bond acceptors (Lipinski definition) is 9. The Morgan fingerprint density at radius 1 is 0.447 bits per heavy atom. The van der Waals surface area contributed by atoms with Crippen LogP contribution in [0.5, 0.6) is 0 Å². The smallest absolute Gasteiger partial charge is 0.305 e. The highest BCUT2D eigenvalue weighted by Gasteiger charge is 2.02. The molecule has 0 saturated heterocycles. The molecule has 0 heterocycles. The van der Waals surface area contributed by atoms with Crippen LogP contribution < -0.4 is 0 Å². The quantitative estimate of drug-likeness (QED) is 0.0626. The molecule has 0 N–H and O–H groups in total. The number of hydrogen-bond donors (Lipinski definition) is 0. The second-order valence-electron chi connectivity index (χ2n) is 8.77. The van der Waals surface area contributed by atoms with E-state index in [9.17, 15) is 4.79 Å². The van der Waals surface area contributed by atoms with E-state index in [1.54, 1.807) is 0 Å². The zero-order valence-electron chi connectivity index (χ0n) is 23.9. The number of esters is 1. The van der Waals surface area contributed by atoms with E-state index in [1.165, 1.54) is 32.1 Å². The predicted octanol–water partition coefficient (Wildman–Crippen LogP) is 4.81. The van der Waals surface area contributed by atoms with Gasteiger partial charge in [-0.05, 0) is 19.3 Å². The lowest BCUT2D eigenvalue weighted by atomic mass is 10.1. The van der Waals surface area contributed by atoms with E-state index in [-0.39, 0.29) is 5.97 Å². The van der Waals surface area contributed by atoms with Gasteiger partial charge in [-0.2, -0.15) is 0 Å². The maximum atomic E-state index is 11.6. The van der Waals surface area contributed by atoms with Crippen molar-refractivity contribution in [2.75, 3.05) is 105 Å². The van der Waals surface area contributed by atoms with Crippen LogP contribution in [-0.4, -0.2) is 111 Å². The Morgan fingerprint density at radius 2 is 0.816 bits per heavy atom. The first-order chi connectivity index (χ1) is 18.8. The van der Waals surface area contributed by atoms with Crippen LogP contribution in [0.2, 0.25) is 0 Å². The highest BCUT2D eigenvalue weighted by molar-refractivity contribution is 6.17. The molecule has 10 heteroatoms. The molecule has 0 atom stereocenters. The number of ether oxygens (including phenoxy) is 8. The number of alkyl halides is 1. The van der Waals surface area contributed by atoms with Gasteiger partial charge in [-0.1, -0.05) is 45.4 Å². The number of unbranched alkanes of at least 4 members (excludes halogenated alkanes) is 7. The summed E-state index contributed by atoms with van der Waals surface area (Å²) in [7, 11) is 0. The lowest BCUT2D eigenvalue weighted by Gasteiger charge is -2.09. The molecule has 0 unspecified atom stereocenters. The van der Waals surface area contributed by atoms with Crippen LogP contribution in [0.4, 0.5) is 0 Å². The summed E-state index contributed by atoms with van der Waals surface area (Å²) in [5, 5.41) is 0. The van der Waals surface area contributed by atoms with Crippen molar-refractivity contribution in [1.82, 2.24) is 0 Å². The summed E-state index contributed by atoms with van der Waals surface area (Å²) < 4.78 is 43.4. The Kier molecular flexibility index (Phi) is 34.0. The van der Waals surface area contributed by atoms with Gasteiger partial charge in [0.2, 0.25) is 0 Å². The van der Waals surface area contributed by atoms with Crippen molar-refractivity contribution in [3.05, 3.63) is 0 Å². The van der Waals surface area contributed by atoms with E-state index in [2.05, 4.69) is 6.92 Å². The Hall–Kier alpha value is -0.520. The molecule has 0 bridgehead atoms. The first-order valence-corrected chi connectivity index (χ1v) is 15.1. The first kappa shape index (κ1) is 37.5. The summed E-state index contributed by atoms with van der Waals surface area (Å²) in [6, 6.07) is 0. The van der Waals surface area contributed by atoms with Crippen molar-refractivity contribution < 1.29 is 42.7 Å². The van der Waals surface area contributed by atoms with Gasteiger partial charge in [0.05, 0.1) is 85.9 Å². The molecular formula is C28H55ClO9. The Bertz CT molecular complexity index is 458. The molecule has 0 radical (unpaired) electrons. The highest BCUT2D eigenvalue weighted by atomic mass is 35.5. The molecule has 0 saturated carbocycles. The molecule has 0 aromatic rings. The SMILES string of the molecule is CCCCCCCC(=O)OCCOCCOCCOCCOCCOCCOCCOCCCCCCCl. The topological polar surface area (TPSA) is 90.9 Å². The van der Waals surface area contributed by atoms with Gasteiger partial charge in [-0.25, -0.2) is 0 Å². The third-order valence-electron chi connectivity index (χ3n) is 5.38. The molecule has 0 aromatic heterocycles. The Morgan fingerprint density at radius 3 is 1.26 bits per heavy atom. The zero-order valence-corrected chi connectivity index (χ0v) is 24.7. The maximum absolute atomic E-state index is 11.6. The van der Waals surface area contributed by atoms with Crippen LogP contribution in [-0.2, 0) is 42.7 Å². The average molecular weight is 571 g/mol. The lowest BCUT2D eigenvalue weighted by Crippen LogP contribution is -2.15. The molecule has 0 rings (SSSR count). The Labute approximate surface area is 236 Å². The first-order valence-electron chi connectivity index (χ1n) is 14.6. The van der Waals surface area contributed by atoms with Crippen LogP contribution >= 0.6 is 11.6 Å². The molecule has 0 spiro atoms. The molecule has 0 aliphatic carbocycles. The van der Waals surface area contributed by atoms with E-state index in [4.69, 9.17) is 49.5 Å². The molecular weight excluding hydrogens is 516 g/mol. The molecule has 0 fully saturated rings. The van der Waals surface area contributed by atoms with Crippen molar-refractivity contribution in [2.45, 2.75) is 71.1 Å². The van der Waals surface area contributed by atoms with Gasteiger partial charge in [0.25, 0.3) is 0 Å². The van der Waals surface area contributed by atoms with E-state index < -0.39 is 0 Å². The maximum Gasteiger partial charge on any atom is 0.305 e. The van der Waals surface area contributed by atoms with E-state index >= 15 is 0 Å². The predicted molar refractivity (Wildman–Crippen MR) is 149 cm³/mol. The van der Waals surface area contributed by atoms with Gasteiger partial charge in [0.15, 0.2) is 0 Å². The minimum absolute atomic E-state index is 0.141. The zero-order chi connectivity index (χ0) is 27.6. The molecule has 228 valence electrons. The number of carbonyl (C=O) groups is 1. The Balaban J connectivity index is 3.08. The monoisotopic (exact) mass is 570 g/mol. The van der Waals surface area contributed by atoms with Crippen molar-refractivity contribution in [3.63, 3.8) is 0 Å². The van der Waals surface area contributed by atoms with Crippen LogP contribution in [0.1, 0.15) is 71.1 Å². The lowest BCUT2D eigenvalue weighted by molar-refractivity contribution is -0.145. The minimum atomic E-state index is -0.141. The minimum Gasteiger partial charge on any atom is -0.463 e. The van der Waals surface area contributed by atoms with Gasteiger partial charge < -0.3 is 37.9 Å². The summed E-state index contributed by atoms with van der Waals surface area (Å²) in [6.07, 6.45) is 10.6. The van der Waals surface area contributed by atoms with E-state index in [0.29, 0.717) is 98.9 Å². The van der Waals surface area contributed by atoms with Crippen molar-refractivity contribution >= 4 is 17.6 Å². The standard InChI is InChI=1S/C28H55ClO9/c1-2-3-4-5-8-11-28(30)38-27-26-37-25-24-36-23-22-35-21-20-34-19-18-33-17-16-32-15-14-31-13-10-7-6-9-12-29/h2-27H2,1H3. The summed E-state index contributed by atoms with van der Waals surface area (Å²) in [6.45, 7) is 9.99. The van der Waals surface area contributed by atoms with Crippen LogP contribution in [0, 0.1) is 0 Å². The molecule has 9 nitrogen and oxygen atoms in total. The summed E-state index contributed by atoms with van der Waals surface area (Å²) >= 11 is 5.64. The van der Waals surface area contributed by atoms with E-state index in [1.807, 2.05) is 0 Å². The molecule has 0 aliphatic heterocycles. The fourth-order valence-electron chi connectivity index (χ4n) is 3.23. The van der Waals surface area contributed by atoms with Gasteiger partial charge in [-0.15, -0.1) is 11.6 Å². The third kappa shape index (κ3) is 33.5. The largest absolute Gasteiger partial charge is 0.463 e. The van der Waals surface area contributed by atoms with Crippen molar-refractivity contribution in [2.24, 2.45) is 0 Å². The fraction of sp³-hybridized carbons (Fsp3) is 0.964. The normalized spacial score (nSPS) is 11.3. The second kappa shape index (κ2) is 34.5. The molecule has 0 aliphatic rings. The summed E-state index contributed by atoms with van der Waals surface area (Å²) in [5.74, 6) is 0.604. The van der Waals surface area contributed by atoms with Crippen LogP contribution in [0.15, 0.2) is 0 Å². The van der Waals surface area contributed by atoms with Gasteiger partial charge in [0, 0.05) is 18.9 Å². The van der Waals surface area contributed by atoms with E-state index in [0.717, 1.165) is 38.2 Å². The summed E-state index contributed by atoms with van der Waals surface area (Å²) in [5.41, 5.74) is 0. The van der Waals surface area contributed by atoms with Crippen molar-refractivity contribution in [3.8, 4) is 0 Å². The van der Waals surface area contributed by atoms with Crippen molar-refractivity contribution in [1.29, 1.82) is 0 Å². The third-order valence-corrected chi connectivity index (χ3v) is 5.65. The molecule has 38 heavy (non-hydrogen) atoms. The van der Waals surface area contributed by atoms with Gasteiger partial charge >= 0.3 is 5.97 Å². The van der Waals surface area contributed by atoms with Gasteiger partial charge in [0.1, 0.15) is 6.61 Å². The molecule has 0 amide bonds. The second-order valence-corrected chi connectivity index (χ2v) is 9.15. The van der Waals surface area contributed by atoms with Crippen LogP contribution in [0.3, 0.4) is 0 Å². The van der Waals surface area contributed by atoms with Gasteiger partial charge in [-0.3, -0.25) is 4.79 Å². The van der Waals surface area contributed by atoms with Crippen LogP contribution in [0.25, 0.3) is 0 Å². The number of rotatable bonds is 33. The number of carbonyl (C=O) groups excluding carboxylic acids is 1. The summed E-state index contributed by atoms with van der Waals surface area (Å²) in [4.78, 5) is 11.6.